The van der Waals surface area contributed by atoms with Crippen LogP contribution in [0.2, 0.25) is 0 Å². The molecule has 4 rings (SSSR count). The van der Waals surface area contributed by atoms with Crippen molar-refractivity contribution in [2.24, 2.45) is 5.92 Å². The zero-order valence-electron chi connectivity index (χ0n) is 16.5. The zero-order valence-corrected chi connectivity index (χ0v) is 16.5. The molecule has 0 unspecified atom stereocenters. The highest BCUT2D eigenvalue weighted by Crippen LogP contribution is 2.30. The van der Waals surface area contributed by atoms with E-state index >= 15 is 0 Å². The number of benzene rings is 3. The first-order valence-corrected chi connectivity index (χ1v) is 9.83. The van der Waals surface area contributed by atoms with E-state index in [-0.39, 0.29) is 30.8 Å². The molecular weight excluding hydrogens is 402 g/mol. The normalized spacial score (nSPS) is 14.8. The maximum atomic E-state index is 13.7. The van der Waals surface area contributed by atoms with Crippen molar-refractivity contribution in [1.82, 2.24) is 5.32 Å². The fourth-order valence-corrected chi connectivity index (χ4v) is 3.41. The van der Waals surface area contributed by atoms with Crippen LogP contribution >= 0.6 is 0 Å². The van der Waals surface area contributed by atoms with Gasteiger partial charge in [0.15, 0.2) is 0 Å². The first kappa shape index (κ1) is 20.5. The van der Waals surface area contributed by atoms with E-state index in [1.54, 1.807) is 36.4 Å². The molecule has 0 saturated heterocycles. The first-order valence-electron chi connectivity index (χ1n) is 9.83. The van der Waals surface area contributed by atoms with Crippen LogP contribution in [0.15, 0.2) is 66.7 Å². The van der Waals surface area contributed by atoms with Gasteiger partial charge in [-0.2, -0.15) is 0 Å². The molecule has 7 heteroatoms. The molecule has 3 aromatic rings. The lowest BCUT2D eigenvalue weighted by molar-refractivity contribution is -0.126. The molecule has 0 spiro atoms. The summed E-state index contributed by atoms with van der Waals surface area (Å²) in [5.74, 6) is -1.15. The molecule has 0 aromatic heterocycles. The van der Waals surface area contributed by atoms with Gasteiger partial charge in [-0.3, -0.25) is 9.59 Å². The summed E-state index contributed by atoms with van der Waals surface area (Å²) in [5.41, 5.74) is 2.08. The molecule has 5 nitrogen and oxygen atoms in total. The number of carbonyl (C=O) groups is 2. The summed E-state index contributed by atoms with van der Waals surface area (Å²) in [4.78, 5) is 24.9. The van der Waals surface area contributed by atoms with Crippen molar-refractivity contribution in [3.05, 3.63) is 95.1 Å². The molecule has 3 aromatic carbocycles. The van der Waals surface area contributed by atoms with Crippen LogP contribution in [0.25, 0.3) is 0 Å². The number of hydrogen-bond acceptors (Lipinski definition) is 3. The summed E-state index contributed by atoms with van der Waals surface area (Å²) in [7, 11) is 0. The van der Waals surface area contributed by atoms with Gasteiger partial charge in [0.05, 0.1) is 5.92 Å². The number of hydrogen-bond donors (Lipinski definition) is 2. The van der Waals surface area contributed by atoms with Gasteiger partial charge in [-0.05, 0) is 60.5 Å². The molecule has 1 atom stereocenters. The number of fused-ring (bicyclic) bond motifs is 1. The summed E-state index contributed by atoms with van der Waals surface area (Å²) in [6.45, 7) is 0.319. The van der Waals surface area contributed by atoms with Gasteiger partial charge in [0, 0.05) is 23.4 Å². The molecule has 2 N–H and O–H groups in total. The van der Waals surface area contributed by atoms with Crippen molar-refractivity contribution in [1.29, 1.82) is 0 Å². The van der Waals surface area contributed by atoms with Gasteiger partial charge >= 0.3 is 0 Å². The molecule has 1 aliphatic rings. The molecule has 1 heterocycles. The third-order valence-corrected chi connectivity index (χ3v) is 5.11. The molecule has 1 aliphatic heterocycles. The molecule has 0 fully saturated rings. The highest BCUT2D eigenvalue weighted by atomic mass is 19.1. The molecule has 0 aliphatic carbocycles. The number of amides is 2. The smallest absolute Gasteiger partial charge is 0.255 e. The predicted molar refractivity (Wildman–Crippen MR) is 112 cm³/mol. The fraction of sp³-hybridized carbons (Fsp3) is 0.167. The second-order valence-corrected chi connectivity index (χ2v) is 7.30. The lowest BCUT2D eigenvalue weighted by Gasteiger charge is -2.25. The van der Waals surface area contributed by atoms with Crippen LogP contribution in [0.4, 0.5) is 14.5 Å². The summed E-state index contributed by atoms with van der Waals surface area (Å²) >= 11 is 0. The van der Waals surface area contributed by atoms with Gasteiger partial charge in [0.1, 0.15) is 24.0 Å². The van der Waals surface area contributed by atoms with Crippen molar-refractivity contribution in [3.8, 4) is 5.75 Å². The quantitative estimate of drug-likeness (QED) is 0.651. The van der Waals surface area contributed by atoms with Crippen LogP contribution in [-0.2, 0) is 17.8 Å². The molecule has 2 amide bonds. The summed E-state index contributed by atoms with van der Waals surface area (Å²) in [5, 5.41) is 5.52. The van der Waals surface area contributed by atoms with Crippen LogP contribution in [0.3, 0.4) is 0 Å². The fourth-order valence-electron chi connectivity index (χ4n) is 3.41. The minimum atomic E-state index is -0.428. The Bertz CT molecular complexity index is 1120. The van der Waals surface area contributed by atoms with Gasteiger partial charge in [-0.15, -0.1) is 0 Å². The molecule has 0 radical (unpaired) electrons. The van der Waals surface area contributed by atoms with E-state index in [0.717, 1.165) is 5.56 Å². The second-order valence-electron chi connectivity index (χ2n) is 7.30. The molecule has 0 saturated carbocycles. The van der Waals surface area contributed by atoms with Crippen LogP contribution in [0, 0.1) is 17.6 Å². The average Bonchev–Trinajstić information content (AvgIpc) is 2.78. The Morgan fingerprint density at radius 2 is 1.77 bits per heavy atom. The number of halogens is 2. The SMILES string of the molecule is O=C(Nc1ccc2c(c1)C[C@@H](C(=O)NCc1ccccc1F)CO2)c1ccc(F)cc1. The number of ether oxygens (including phenoxy) is 1. The third kappa shape index (κ3) is 4.88. The number of carbonyl (C=O) groups excluding carboxylic acids is 2. The van der Waals surface area contributed by atoms with E-state index in [4.69, 9.17) is 4.74 Å². The Hall–Kier alpha value is -3.74. The average molecular weight is 422 g/mol. The molecule has 31 heavy (non-hydrogen) atoms. The van der Waals surface area contributed by atoms with Gasteiger partial charge in [-0.1, -0.05) is 18.2 Å². The van der Waals surface area contributed by atoms with Crippen molar-refractivity contribution in [3.63, 3.8) is 0 Å². The minimum Gasteiger partial charge on any atom is -0.492 e. The molecule has 0 bridgehead atoms. The summed E-state index contributed by atoms with van der Waals surface area (Å²) in [6.07, 6.45) is 0.429. The Labute approximate surface area is 178 Å². The van der Waals surface area contributed by atoms with Crippen molar-refractivity contribution in [2.45, 2.75) is 13.0 Å². The lowest BCUT2D eigenvalue weighted by atomic mass is 9.95. The monoisotopic (exact) mass is 422 g/mol. The summed E-state index contributed by atoms with van der Waals surface area (Å²) in [6, 6.07) is 16.7. The van der Waals surface area contributed by atoms with E-state index in [2.05, 4.69) is 10.6 Å². The van der Waals surface area contributed by atoms with Gasteiger partial charge < -0.3 is 15.4 Å². The lowest BCUT2D eigenvalue weighted by Crippen LogP contribution is -2.37. The Kier molecular flexibility index (Phi) is 5.93. The zero-order chi connectivity index (χ0) is 21.8. The van der Waals surface area contributed by atoms with Gasteiger partial charge in [0.25, 0.3) is 5.91 Å². The van der Waals surface area contributed by atoms with Crippen LogP contribution in [-0.4, -0.2) is 18.4 Å². The maximum Gasteiger partial charge on any atom is 0.255 e. The van der Waals surface area contributed by atoms with Gasteiger partial charge in [0.2, 0.25) is 5.91 Å². The largest absolute Gasteiger partial charge is 0.492 e. The van der Waals surface area contributed by atoms with Crippen LogP contribution < -0.4 is 15.4 Å². The van der Waals surface area contributed by atoms with Crippen molar-refractivity contribution < 1.29 is 23.1 Å². The molecular formula is C24H20F2N2O3. The van der Waals surface area contributed by atoms with E-state index in [9.17, 15) is 18.4 Å². The topological polar surface area (TPSA) is 67.4 Å². The third-order valence-electron chi connectivity index (χ3n) is 5.11. The van der Waals surface area contributed by atoms with E-state index < -0.39 is 11.7 Å². The van der Waals surface area contributed by atoms with Crippen molar-refractivity contribution in [2.75, 3.05) is 11.9 Å². The number of nitrogens with one attached hydrogen (secondary N) is 2. The highest BCUT2D eigenvalue weighted by molar-refractivity contribution is 6.04. The minimum absolute atomic E-state index is 0.0998. The number of rotatable bonds is 5. The maximum absolute atomic E-state index is 13.7. The summed E-state index contributed by atoms with van der Waals surface area (Å²) < 4.78 is 32.5. The highest BCUT2D eigenvalue weighted by Gasteiger charge is 2.26. The van der Waals surface area contributed by atoms with E-state index in [0.29, 0.717) is 29.0 Å². The Balaban J connectivity index is 1.40. The van der Waals surface area contributed by atoms with Crippen LogP contribution in [0.5, 0.6) is 5.75 Å². The number of anilines is 1. The Morgan fingerprint density at radius 3 is 2.55 bits per heavy atom. The van der Waals surface area contributed by atoms with Crippen molar-refractivity contribution >= 4 is 17.5 Å². The standard InChI is InChI=1S/C24H20F2N2O3/c25-19-7-5-15(6-8-19)24(30)28-20-9-10-22-17(12-20)11-18(14-31-22)23(29)27-13-16-3-1-2-4-21(16)26/h1-10,12,18H,11,13-14H2,(H,27,29)(H,28,30)/t18-/m1/s1. The van der Waals surface area contributed by atoms with Gasteiger partial charge in [-0.25, -0.2) is 8.78 Å². The second kappa shape index (κ2) is 8.95. The molecule has 158 valence electrons. The van der Waals surface area contributed by atoms with Crippen LogP contribution in [0.1, 0.15) is 21.5 Å². The first-order chi connectivity index (χ1) is 15.0. The predicted octanol–water partition coefficient (Wildman–Crippen LogP) is 4.08. The Morgan fingerprint density at radius 1 is 1.00 bits per heavy atom. The van der Waals surface area contributed by atoms with E-state index in [1.807, 2.05) is 0 Å². The van der Waals surface area contributed by atoms with E-state index in [1.165, 1.54) is 30.3 Å².